The highest BCUT2D eigenvalue weighted by atomic mass is 19.3. The van der Waals surface area contributed by atoms with Crippen molar-refractivity contribution in [2.24, 2.45) is 0 Å². The van der Waals surface area contributed by atoms with Crippen molar-refractivity contribution in [1.29, 1.82) is 0 Å². The van der Waals surface area contributed by atoms with Crippen LogP contribution < -0.4 is 5.32 Å². The van der Waals surface area contributed by atoms with Gasteiger partial charge < -0.3 is 10.2 Å². The molecule has 0 aliphatic carbocycles. The van der Waals surface area contributed by atoms with Crippen molar-refractivity contribution < 1.29 is 8.78 Å². The quantitative estimate of drug-likeness (QED) is 0.486. The summed E-state index contributed by atoms with van der Waals surface area (Å²) in [5.74, 6) is 0.977. The first kappa shape index (κ1) is 21.4. The molecule has 1 aliphatic rings. The van der Waals surface area contributed by atoms with Gasteiger partial charge in [0.05, 0.1) is 5.69 Å². The van der Waals surface area contributed by atoms with Crippen LogP contribution in [0.4, 0.5) is 20.3 Å². The molecule has 32 heavy (non-hydrogen) atoms. The lowest BCUT2D eigenvalue weighted by Crippen LogP contribution is -2.35. The zero-order valence-electron chi connectivity index (χ0n) is 17.8. The third-order valence-corrected chi connectivity index (χ3v) is 5.30. The Bertz CT molecular complexity index is 1220. The summed E-state index contributed by atoms with van der Waals surface area (Å²) in [6.45, 7) is 11.6. The molecular formula is C24H24F2N6. The number of rotatable bonds is 8. The zero-order chi connectivity index (χ0) is 22.7. The number of nitrogens with zero attached hydrogens (tertiary/aromatic N) is 5. The first-order valence-electron chi connectivity index (χ1n) is 10.3. The number of allylic oxidation sites excluding steroid dienone is 5. The van der Waals surface area contributed by atoms with Crippen molar-refractivity contribution in [1.82, 2.24) is 24.5 Å². The Labute approximate surface area is 185 Å². The minimum atomic E-state index is -2.49. The third-order valence-electron chi connectivity index (χ3n) is 5.30. The second-order valence-corrected chi connectivity index (χ2v) is 7.55. The van der Waals surface area contributed by atoms with E-state index in [-0.39, 0.29) is 5.57 Å². The third kappa shape index (κ3) is 4.44. The molecule has 164 valence electrons. The van der Waals surface area contributed by atoms with Crippen molar-refractivity contribution in [2.45, 2.75) is 19.8 Å². The van der Waals surface area contributed by atoms with E-state index in [1.54, 1.807) is 23.0 Å². The van der Waals surface area contributed by atoms with E-state index in [2.05, 4.69) is 38.4 Å². The summed E-state index contributed by atoms with van der Waals surface area (Å²) >= 11 is 0. The lowest BCUT2D eigenvalue weighted by atomic mass is 10.1. The summed E-state index contributed by atoms with van der Waals surface area (Å²) in [6.07, 6.45) is 8.48. The molecular weight excluding hydrogens is 410 g/mol. The van der Waals surface area contributed by atoms with Crippen LogP contribution in [-0.4, -0.2) is 44.0 Å². The Balaban J connectivity index is 1.65. The first-order valence-corrected chi connectivity index (χ1v) is 10.3. The van der Waals surface area contributed by atoms with Crippen molar-refractivity contribution in [2.75, 3.05) is 18.4 Å². The number of nitrogens with one attached hydrogen (secondary N) is 1. The van der Waals surface area contributed by atoms with Crippen LogP contribution in [0, 0.1) is 0 Å². The van der Waals surface area contributed by atoms with E-state index in [1.807, 2.05) is 24.4 Å². The van der Waals surface area contributed by atoms with E-state index < -0.39 is 6.43 Å². The molecule has 0 radical (unpaired) electrons. The summed E-state index contributed by atoms with van der Waals surface area (Å²) < 4.78 is 27.0. The molecule has 0 saturated carbocycles. The molecule has 6 nitrogen and oxygen atoms in total. The van der Waals surface area contributed by atoms with Crippen LogP contribution in [0.5, 0.6) is 0 Å². The molecule has 0 unspecified atom stereocenters. The number of likely N-dealkylation sites (tertiary alicyclic amines) is 1. The Kier molecular flexibility index (Phi) is 6.11. The summed E-state index contributed by atoms with van der Waals surface area (Å²) in [6, 6.07) is 5.66. The first-order chi connectivity index (χ1) is 15.4. The number of halogens is 2. The zero-order valence-corrected chi connectivity index (χ0v) is 17.8. The largest absolute Gasteiger partial charge is 0.371 e. The highest BCUT2D eigenvalue weighted by Crippen LogP contribution is 2.30. The van der Waals surface area contributed by atoms with Gasteiger partial charge in [0.1, 0.15) is 5.52 Å². The SMILES string of the molecule is C=C(/C=C\C=C(/C)C(F)F)c1nc(Nc2ccncc2C(=C)N2CCC2)c2cccn2n1. The van der Waals surface area contributed by atoms with Gasteiger partial charge in [-0.1, -0.05) is 31.4 Å². The van der Waals surface area contributed by atoms with Gasteiger partial charge in [-0.25, -0.2) is 18.3 Å². The minimum Gasteiger partial charge on any atom is -0.371 e. The number of fused-ring (bicyclic) bond motifs is 1. The Morgan fingerprint density at radius 1 is 1.25 bits per heavy atom. The number of alkyl halides is 2. The van der Waals surface area contributed by atoms with Crippen LogP contribution in [0.1, 0.15) is 24.7 Å². The maximum absolute atomic E-state index is 12.7. The Morgan fingerprint density at radius 2 is 2.06 bits per heavy atom. The molecule has 3 aromatic rings. The molecule has 0 amide bonds. The van der Waals surface area contributed by atoms with Gasteiger partial charge in [0.25, 0.3) is 6.43 Å². The highest BCUT2D eigenvalue weighted by molar-refractivity contribution is 5.81. The lowest BCUT2D eigenvalue weighted by molar-refractivity contribution is 0.190. The maximum Gasteiger partial charge on any atom is 0.259 e. The molecule has 0 bridgehead atoms. The van der Waals surface area contributed by atoms with Gasteiger partial charge in [0.2, 0.25) is 0 Å². The molecule has 4 rings (SSSR count). The number of hydrogen-bond acceptors (Lipinski definition) is 5. The van der Waals surface area contributed by atoms with Gasteiger partial charge in [-0.15, -0.1) is 5.10 Å². The van der Waals surface area contributed by atoms with Crippen LogP contribution in [-0.2, 0) is 0 Å². The molecule has 0 atom stereocenters. The standard InChI is InChI=1S/C24H24F2N6/c1-16(22(25)26)7-4-8-17(2)23-29-24(21-9-5-14-32(21)30-23)28-20-10-11-27-15-19(20)18(3)31-12-6-13-31/h4-5,7-11,14-15,22H,2-3,6,12-13H2,1H3,(H,27,28,29,30)/b8-4-,16-7+. The predicted octanol–water partition coefficient (Wildman–Crippen LogP) is 5.33. The molecule has 1 aliphatic heterocycles. The topological polar surface area (TPSA) is 58.4 Å². The van der Waals surface area contributed by atoms with Crippen LogP contribution in [0.2, 0.25) is 0 Å². The Hall–Kier alpha value is -3.81. The number of hydrogen-bond donors (Lipinski definition) is 1. The van der Waals surface area contributed by atoms with Gasteiger partial charge in [0.15, 0.2) is 11.6 Å². The summed E-state index contributed by atoms with van der Waals surface area (Å²) in [7, 11) is 0. The molecule has 1 fully saturated rings. The average Bonchev–Trinajstić information content (AvgIpc) is 3.21. The molecule has 0 aromatic carbocycles. The fourth-order valence-corrected chi connectivity index (χ4v) is 3.24. The second-order valence-electron chi connectivity index (χ2n) is 7.55. The molecule has 8 heteroatoms. The van der Waals surface area contributed by atoms with Crippen molar-refractivity contribution in [3.8, 4) is 0 Å². The van der Waals surface area contributed by atoms with Crippen LogP contribution >= 0.6 is 0 Å². The molecule has 0 spiro atoms. The predicted molar refractivity (Wildman–Crippen MR) is 124 cm³/mol. The normalized spacial score (nSPS) is 14.2. The van der Waals surface area contributed by atoms with Gasteiger partial charge >= 0.3 is 0 Å². The highest BCUT2D eigenvalue weighted by Gasteiger charge is 2.20. The van der Waals surface area contributed by atoms with E-state index >= 15 is 0 Å². The molecule has 4 heterocycles. The van der Waals surface area contributed by atoms with E-state index in [9.17, 15) is 8.78 Å². The minimum absolute atomic E-state index is 0.0224. The average molecular weight is 434 g/mol. The van der Waals surface area contributed by atoms with Crippen molar-refractivity contribution in [3.05, 3.63) is 85.1 Å². The number of pyridine rings is 1. The van der Waals surface area contributed by atoms with E-state index in [1.165, 1.54) is 19.1 Å². The monoisotopic (exact) mass is 434 g/mol. The lowest BCUT2D eigenvalue weighted by Gasteiger charge is -2.35. The summed E-state index contributed by atoms with van der Waals surface area (Å²) in [5, 5.41) is 7.88. The van der Waals surface area contributed by atoms with E-state index in [0.717, 1.165) is 42.0 Å². The number of anilines is 2. The van der Waals surface area contributed by atoms with Crippen molar-refractivity contribution >= 4 is 28.3 Å². The van der Waals surface area contributed by atoms with Gasteiger partial charge in [0, 0.05) is 48.5 Å². The second kappa shape index (κ2) is 9.13. The van der Waals surface area contributed by atoms with Gasteiger partial charge in [-0.05, 0) is 37.1 Å². The fourth-order valence-electron chi connectivity index (χ4n) is 3.24. The van der Waals surface area contributed by atoms with Crippen LogP contribution in [0.25, 0.3) is 16.8 Å². The molecule has 3 aromatic heterocycles. The molecule has 1 N–H and O–H groups in total. The van der Waals surface area contributed by atoms with Gasteiger partial charge in [-0.3, -0.25) is 4.98 Å². The van der Waals surface area contributed by atoms with Gasteiger partial charge in [-0.2, -0.15) is 0 Å². The summed E-state index contributed by atoms with van der Waals surface area (Å²) in [4.78, 5) is 11.1. The molecule has 1 saturated heterocycles. The van der Waals surface area contributed by atoms with Crippen LogP contribution in [0.3, 0.4) is 0 Å². The van der Waals surface area contributed by atoms with E-state index in [0.29, 0.717) is 17.2 Å². The van der Waals surface area contributed by atoms with E-state index in [4.69, 9.17) is 0 Å². The Morgan fingerprint density at radius 3 is 2.78 bits per heavy atom. The number of aromatic nitrogens is 4. The maximum atomic E-state index is 12.7. The van der Waals surface area contributed by atoms with Crippen molar-refractivity contribution in [3.63, 3.8) is 0 Å². The summed E-state index contributed by atoms with van der Waals surface area (Å²) in [5.41, 5.74) is 3.93. The smallest absolute Gasteiger partial charge is 0.259 e. The van der Waals surface area contributed by atoms with Crippen LogP contribution in [0.15, 0.2) is 73.7 Å². The fraction of sp³-hybridized carbons (Fsp3) is 0.208.